The van der Waals surface area contributed by atoms with Crippen molar-refractivity contribution < 1.29 is 14.7 Å². The molecule has 0 radical (unpaired) electrons. The van der Waals surface area contributed by atoms with Gasteiger partial charge in [0.15, 0.2) is 0 Å². The highest BCUT2D eigenvalue weighted by atomic mass is 16.4. The van der Waals surface area contributed by atoms with Gasteiger partial charge >= 0.3 is 5.97 Å². The molecule has 1 aromatic rings. The van der Waals surface area contributed by atoms with E-state index in [9.17, 15) is 9.59 Å². The van der Waals surface area contributed by atoms with Crippen LogP contribution >= 0.6 is 0 Å². The molecular formula is C11H12O3. The Morgan fingerprint density at radius 3 is 2.71 bits per heavy atom. The summed E-state index contributed by atoms with van der Waals surface area (Å²) in [6.07, 6.45) is 1.31. The number of hydrogen-bond donors (Lipinski definition) is 1. The molecule has 0 spiro atoms. The fraction of sp³-hybridized carbons (Fsp3) is 0.273. The minimum absolute atomic E-state index is 0.143. The first-order valence-electron chi connectivity index (χ1n) is 4.41. The van der Waals surface area contributed by atoms with Crippen molar-refractivity contribution in [3.8, 4) is 0 Å². The van der Waals surface area contributed by atoms with Crippen LogP contribution < -0.4 is 0 Å². The minimum atomic E-state index is -0.946. The zero-order valence-electron chi connectivity index (χ0n) is 7.93. The van der Waals surface area contributed by atoms with Crippen LogP contribution in [0.4, 0.5) is 0 Å². The van der Waals surface area contributed by atoms with Gasteiger partial charge in [-0.3, -0.25) is 0 Å². The van der Waals surface area contributed by atoms with E-state index in [1.54, 1.807) is 31.2 Å². The van der Waals surface area contributed by atoms with E-state index >= 15 is 0 Å². The average molecular weight is 192 g/mol. The fourth-order valence-corrected chi connectivity index (χ4v) is 1.30. The van der Waals surface area contributed by atoms with Gasteiger partial charge in [0, 0.05) is 5.92 Å². The largest absolute Gasteiger partial charge is 0.478 e. The van der Waals surface area contributed by atoms with Gasteiger partial charge in [-0.25, -0.2) is 4.79 Å². The molecule has 0 amide bonds. The first-order chi connectivity index (χ1) is 6.65. The van der Waals surface area contributed by atoms with Crippen molar-refractivity contribution >= 4 is 12.3 Å². The average Bonchev–Trinajstić information content (AvgIpc) is 2.18. The van der Waals surface area contributed by atoms with E-state index in [1.165, 1.54) is 0 Å². The summed E-state index contributed by atoms with van der Waals surface area (Å²) in [6, 6.07) is 6.75. The summed E-state index contributed by atoms with van der Waals surface area (Å²) in [7, 11) is 0. The van der Waals surface area contributed by atoms with Gasteiger partial charge in [-0.05, 0) is 18.1 Å². The Hall–Kier alpha value is -1.64. The lowest BCUT2D eigenvalue weighted by Gasteiger charge is -2.06. The van der Waals surface area contributed by atoms with Crippen LogP contribution in [0.15, 0.2) is 24.3 Å². The molecule has 1 N–H and O–H groups in total. The monoisotopic (exact) mass is 192 g/mol. The predicted molar refractivity (Wildman–Crippen MR) is 52.3 cm³/mol. The minimum Gasteiger partial charge on any atom is -0.478 e. The van der Waals surface area contributed by atoms with E-state index in [1.807, 2.05) is 0 Å². The molecule has 1 unspecified atom stereocenters. The molecule has 0 fully saturated rings. The molecular weight excluding hydrogens is 180 g/mol. The van der Waals surface area contributed by atoms with E-state index in [0.717, 1.165) is 6.29 Å². The highest BCUT2D eigenvalue weighted by Crippen LogP contribution is 2.12. The van der Waals surface area contributed by atoms with Crippen LogP contribution in [0.2, 0.25) is 0 Å². The van der Waals surface area contributed by atoms with Gasteiger partial charge in [0.1, 0.15) is 6.29 Å². The van der Waals surface area contributed by atoms with Crippen molar-refractivity contribution in [3.63, 3.8) is 0 Å². The summed E-state index contributed by atoms with van der Waals surface area (Å²) in [5.41, 5.74) is 0.987. The molecule has 3 heteroatoms. The number of carboxylic acid groups (broad SMARTS) is 1. The standard InChI is InChI=1S/C11H12O3/c1-8(7-12)6-9-4-2-3-5-10(9)11(13)14/h2-5,7-8H,6H2,1H3,(H,13,14). The van der Waals surface area contributed by atoms with Gasteiger partial charge in [-0.2, -0.15) is 0 Å². The lowest BCUT2D eigenvalue weighted by Crippen LogP contribution is -2.07. The van der Waals surface area contributed by atoms with E-state index in [-0.39, 0.29) is 11.5 Å². The SMILES string of the molecule is CC(C=O)Cc1ccccc1C(=O)O. The Morgan fingerprint density at radius 2 is 2.14 bits per heavy atom. The van der Waals surface area contributed by atoms with Gasteiger partial charge < -0.3 is 9.90 Å². The van der Waals surface area contributed by atoms with Crippen LogP contribution in [0.3, 0.4) is 0 Å². The molecule has 0 aliphatic carbocycles. The van der Waals surface area contributed by atoms with Gasteiger partial charge in [0.05, 0.1) is 5.56 Å². The summed E-state index contributed by atoms with van der Waals surface area (Å²) < 4.78 is 0. The van der Waals surface area contributed by atoms with Crippen molar-refractivity contribution in [2.24, 2.45) is 5.92 Å². The smallest absolute Gasteiger partial charge is 0.335 e. The first kappa shape index (κ1) is 10.4. The first-order valence-corrected chi connectivity index (χ1v) is 4.41. The third-order valence-electron chi connectivity index (χ3n) is 2.02. The van der Waals surface area contributed by atoms with Crippen LogP contribution in [-0.4, -0.2) is 17.4 Å². The second-order valence-electron chi connectivity index (χ2n) is 3.28. The van der Waals surface area contributed by atoms with Crippen LogP contribution in [-0.2, 0) is 11.2 Å². The summed E-state index contributed by atoms with van der Waals surface area (Å²) in [4.78, 5) is 21.2. The molecule has 0 aliphatic rings. The summed E-state index contributed by atoms with van der Waals surface area (Å²) in [5.74, 6) is -1.09. The summed E-state index contributed by atoms with van der Waals surface area (Å²) in [6.45, 7) is 1.77. The normalized spacial score (nSPS) is 12.1. The number of aromatic carboxylic acids is 1. The van der Waals surface area contributed by atoms with Crippen LogP contribution in [0.25, 0.3) is 0 Å². The van der Waals surface area contributed by atoms with Gasteiger partial charge in [-0.15, -0.1) is 0 Å². The maximum atomic E-state index is 10.8. The highest BCUT2D eigenvalue weighted by Gasteiger charge is 2.10. The van der Waals surface area contributed by atoms with Crippen molar-refractivity contribution in [3.05, 3.63) is 35.4 Å². The van der Waals surface area contributed by atoms with E-state index < -0.39 is 5.97 Å². The molecule has 0 heterocycles. The highest BCUT2D eigenvalue weighted by molar-refractivity contribution is 5.89. The number of aldehydes is 1. The molecule has 14 heavy (non-hydrogen) atoms. The molecule has 0 saturated heterocycles. The summed E-state index contributed by atoms with van der Waals surface area (Å²) in [5, 5.41) is 8.86. The predicted octanol–water partition coefficient (Wildman–Crippen LogP) is 1.76. The molecule has 0 aromatic heterocycles. The Labute approximate surface area is 82.4 Å². The maximum Gasteiger partial charge on any atom is 0.335 e. The molecule has 1 aromatic carbocycles. The van der Waals surface area contributed by atoms with Gasteiger partial charge in [0.25, 0.3) is 0 Å². The Kier molecular flexibility index (Phi) is 3.40. The summed E-state index contributed by atoms with van der Waals surface area (Å²) >= 11 is 0. The lowest BCUT2D eigenvalue weighted by atomic mass is 9.98. The third-order valence-corrected chi connectivity index (χ3v) is 2.02. The quantitative estimate of drug-likeness (QED) is 0.739. The molecule has 1 atom stereocenters. The van der Waals surface area contributed by atoms with Crippen molar-refractivity contribution in [1.82, 2.24) is 0 Å². The van der Waals surface area contributed by atoms with E-state index in [2.05, 4.69) is 0 Å². The fourth-order valence-electron chi connectivity index (χ4n) is 1.30. The number of carboxylic acids is 1. The number of benzene rings is 1. The zero-order chi connectivity index (χ0) is 10.6. The molecule has 0 bridgehead atoms. The molecule has 1 rings (SSSR count). The van der Waals surface area contributed by atoms with Gasteiger partial charge in [-0.1, -0.05) is 25.1 Å². The third kappa shape index (κ3) is 2.42. The maximum absolute atomic E-state index is 10.8. The van der Waals surface area contributed by atoms with Crippen molar-refractivity contribution in [2.75, 3.05) is 0 Å². The second-order valence-corrected chi connectivity index (χ2v) is 3.28. The van der Waals surface area contributed by atoms with Crippen LogP contribution in [0.5, 0.6) is 0 Å². The lowest BCUT2D eigenvalue weighted by molar-refractivity contribution is -0.110. The molecule has 3 nitrogen and oxygen atoms in total. The number of rotatable bonds is 4. The zero-order valence-corrected chi connectivity index (χ0v) is 7.93. The Balaban J connectivity index is 2.95. The molecule has 0 aliphatic heterocycles. The number of hydrogen-bond acceptors (Lipinski definition) is 2. The second kappa shape index (κ2) is 4.56. The van der Waals surface area contributed by atoms with Crippen molar-refractivity contribution in [1.29, 1.82) is 0 Å². The topological polar surface area (TPSA) is 54.4 Å². The number of carbonyl (C=O) groups excluding carboxylic acids is 1. The van der Waals surface area contributed by atoms with Gasteiger partial charge in [0.2, 0.25) is 0 Å². The number of carbonyl (C=O) groups is 2. The van der Waals surface area contributed by atoms with Crippen LogP contribution in [0.1, 0.15) is 22.8 Å². The Bertz CT molecular complexity index is 344. The molecule has 0 saturated carbocycles. The van der Waals surface area contributed by atoms with Crippen LogP contribution in [0, 0.1) is 5.92 Å². The molecule has 74 valence electrons. The van der Waals surface area contributed by atoms with Crippen molar-refractivity contribution in [2.45, 2.75) is 13.3 Å². The Morgan fingerprint density at radius 1 is 1.50 bits per heavy atom. The van der Waals surface area contributed by atoms with E-state index in [0.29, 0.717) is 12.0 Å². The van der Waals surface area contributed by atoms with E-state index in [4.69, 9.17) is 5.11 Å².